The van der Waals surface area contributed by atoms with Crippen LogP contribution in [-0.2, 0) is 0 Å². The van der Waals surface area contributed by atoms with Crippen LogP contribution < -0.4 is 14.4 Å². The maximum absolute atomic E-state index is 5.52. The van der Waals surface area contributed by atoms with E-state index in [0.717, 1.165) is 34.1 Å². The van der Waals surface area contributed by atoms with Crippen molar-refractivity contribution in [3.05, 3.63) is 67.6 Å². The monoisotopic (exact) mass is 444 g/mol. The van der Waals surface area contributed by atoms with Gasteiger partial charge in [-0.2, -0.15) is 4.98 Å². The van der Waals surface area contributed by atoms with Gasteiger partial charge in [-0.05, 0) is 18.2 Å². The number of imidazole rings is 1. The predicted octanol–water partition coefficient (Wildman–Crippen LogP) is 4.06. The Bertz CT molecular complexity index is 1130. The zero-order valence-electron chi connectivity index (χ0n) is 15.9. The van der Waals surface area contributed by atoms with Crippen LogP contribution in [0.4, 0.5) is 11.5 Å². The smallest absolute Gasteiger partial charge is 0.236 e. The van der Waals surface area contributed by atoms with Gasteiger partial charge in [-0.25, -0.2) is 9.97 Å². The van der Waals surface area contributed by atoms with Crippen molar-refractivity contribution in [2.45, 2.75) is 0 Å². The maximum atomic E-state index is 5.52. The second-order valence-electron chi connectivity index (χ2n) is 6.22. The highest BCUT2D eigenvalue weighted by Gasteiger charge is 2.19. The molecule has 1 aromatic carbocycles. The SMILES string of the molecule is CN(c1ccc2c(c1)OCO2)c1nc(-n2ccnc2)ncc1-c1cccnc1.Cl.Cl. The first kappa shape index (κ1) is 21.4. The van der Waals surface area contributed by atoms with Gasteiger partial charge < -0.3 is 14.4 Å². The van der Waals surface area contributed by atoms with E-state index in [4.69, 9.17) is 14.5 Å². The van der Waals surface area contributed by atoms with E-state index in [-0.39, 0.29) is 31.6 Å². The fraction of sp³-hybridized carbons (Fsp3) is 0.100. The van der Waals surface area contributed by atoms with Crippen molar-refractivity contribution < 1.29 is 9.47 Å². The van der Waals surface area contributed by atoms with Gasteiger partial charge in [0.2, 0.25) is 12.7 Å². The number of anilines is 2. The lowest BCUT2D eigenvalue weighted by atomic mass is 10.1. The van der Waals surface area contributed by atoms with Crippen molar-refractivity contribution in [1.29, 1.82) is 0 Å². The molecule has 0 fully saturated rings. The fourth-order valence-electron chi connectivity index (χ4n) is 3.06. The van der Waals surface area contributed by atoms with Crippen LogP contribution in [0.5, 0.6) is 11.5 Å². The fourth-order valence-corrected chi connectivity index (χ4v) is 3.06. The average Bonchev–Trinajstić information content (AvgIpc) is 3.45. The molecule has 4 heterocycles. The van der Waals surface area contributed by atoms with E-state index in [9.17, 15) is 0 Å². The third-order valence-electron chi connectivity index (χ3n) is 4.52. The number of ether oxygens (including phenoxy) is 2. The maximum Gasteiger partial charge on any atom is 0.236 e. The van der Waals surface area contributed by atoms with Gasteiger partial charge in [-0.1, -0.05) is 6.07 Å². The van der Waals surface area contributed by atoms with Crippen molar-refractivity contribution in [2.75, 3.05) is 18.7 Å². The number of hydrogen-bond acceptors (Lipinski definition) is 7. The molecule has 30 heavy (non-hydrogen) atoms. The highest BCUT2D eigenvalue weighted by atomic mass is 35.5. The molecule has 0 unspecified atom stereocenters. The number of halogens is 2. The summed E-state index contributed by atoms with van der Waals surface area (Å²) >= 11 is 0. The van der Waals surface area contributed by atoms with Crippen LogP contribution in [-0.4, -0.2) is 38.3 Å². The van der Waals surface area contributed by atoms with Gasteiger partial charge in [0.1, 0.15) is 12.1 Å². The second kappa shape index (κ2) is 8.98. The molecule has 5 rings (SSSR count). The number of nitrogens with zero attached hydrogens (tertiary/aromatic N) is 6. The van der Waals surface area contributed by atoms with E-state index in [2.05, 4.69) is 15.0 Å². The molecule has 0 radical (unpaired) electrons. The summed E-state index contributed by atoms with van der Waals surface area (Å²) in [4.78, 5) is 19.6. The van der Waals surface area contributed by atoms with Gasteiger partial charge in [-0.15, -0.1) is 24.8 Å². The van der Waals surface area contributed by atoms with Crippen LogP contribution in [0.1, 0.15) is 0 Å². The Morgan fingerprint density at radius 2 is 1.87 bits per heavy atom. The standard InChI is InChI=1S/C20H16N6O2.2ClH/c1-25(15-4-5-17-18(9-15)28-13-27-17)19-16(14-3-2-6-21-10-14)11-23-20(24-19)26-8-7-22-12-26;;/h2-12H,13H2,1H3;2*1H. The Morgan fingerprint density at radius 1 is 1.00 bits per heavy atom. The van der Waals surface area contributed by atoms with Crippen LogP contribution in [0.2, 0.25) is 0 Å². The summed E-state index contributed by atoms with van der Waals surface area (Å²) in [5.41, 5.74) is 2.73. The molecular formula is C20H18Cl2N6O2. The highest BCUT2D eigenvalue weighted by Crippen LogP contribution is 2.38. The number of fused-ring (bicyclic) bond motifs is 1. The van der Waals surface area contributed by atoms with Gasteiger partial charge in [0, 0.05) is 60.9 Å². The molecule has 8 nitrogen and oxygen atoms in total. The minimum atomic E-state index is 0. The lowest BCUT2D eigenvalue weighted by molar-refractivity contribution is 0.174. The van der Waals surface area contributed by atoms with Crippen molar-refractivity contribution in [3.63, 3.8) is 0 Å². The average molecular weight is 445 g/mol. The predicted molar refractivity (Wildman–Crippen MR) is 118 cm³/mol. The number of benzene rings is 1. The molecule has 0 saturated heterocycles. The summed E-state index contributed by atoms with van der Waals surface area (Å²) in [7, 11) is 1.96. The quantitative estimate of drug-likeness (QED) is 0.469. The van der Waals surface area contributed by atoms with Crippen molar-refractivity contribution >= 4 is 36.3 Å². The molecule has 3 aromatic heterocycles. The van der Waals surface area contributed by atoms with E-state index in [0.29, 0.717) is 5.95 Å². The normalized spacial score (nSPS) is 11.4. The third kappa shape index (κ3) is 3.87. The molecule has 4 aromatic rings. The summed E-state index contributed by atoms with van der Waals surface area (Å²) in [6.45, 7) is 0.238. The minimum Gasteiger partial charge on any atom is -0.454 e. The third-order valence-corrected chi connectivity index (χ3v) is 4.52. The Labute approximate surface area is 185 Å². The Kier molecular flexibility index (Phi) is 6.39. The van der Waals surface area contributed by atoms with Crippen molar-refractivity contribution in [3.8, 4) is 28.6 Å². The number of pyridine rings is 1. The van der Waals surface area contributed by atoms with Gasteiger partial charge in [0.25, 0.3) is 0 Å². The van der Waals surface area contributed by atoms with Crippen LogP contribution >= 0.6 is 24.8 Å². The number of hydrogen-bond donors (Lipinski definition) is 0. The Morgan fingerprint density at radius 3 is 2.63 bits per heavy atom. The van der Waals surface area contributed by atoms with Crippen molar-refractivity contribution in [1.82, 2.24) is 24.5 Å². The van der Waals surface area contributed by atoms with Gasteiger partial charge in [-0.3, -0.25) is 9.55 Å². The summed E-state index contributed by atoms with van der Waals surface area (Å²) in [5.74, 6) is 2.74. The topological polar surface area (TPSA) is 78.2 Å². The molecular weight excluding hydrogens is 427 g/mol. The van der Waals surface area contributed by atoms with E-state index < -0.39 is 0 Å². The molecule has 10 heteroatoms. The summed E-state index contributed by atoms with van der Waals surface area (Å²) in [5, 5.41) is 0. The van der Waals surface area contributed by atoms with E-state index in [1.165, 1.54) is 0 Å². The molecule has 0 aliphatic carbocycles. The largest absolute Gasteiger partial charge is 0.454 e. The molecule has 0 amide bonds. The van der Waals surface area contributed by atoms with Crippen LogP contribution in [0.15, 0.2) is 67.6 Å². The molecule has 0 spiro atoms. The van der Waals surface area contributed by atoms with E-state index >= 15 is 0 Å². The molecule has 1 aliphatic heterocycles. The lowest BCUT2D eigenvalue weighted by Crippen LogP contribution is -2.14. The Balaban J connectivity index is 0.00000128. The number of aromatic nitrogens is 5. The van der Waals surface area contributed by atoms with Gasteiger partial charge >= 0.3 is 0 Å². The zero-order chi connectivity index (χ0) is 18.9. The van der Waals surface area contributed by atoms with Crippen LogP contribution in [0, 0.1) is 0 Å². The van der Waals surface area contributed by atoms with E-state index in [1.807, 2.05) is 48.5 Å². The van der Waals surface area contributed by atoms with Gasteiger partial charge in [0.05, 0.1) is 0 Å². The molecule has 1 aliphatic rings. The van der Waals surface area contributed by atoms with E-state index in [1.54, 1.807) is 35.7 Å². The first-order valence-corrected chi connectivity index (χ1v) is 8.69. The van der Waals surface area contributed by atoms with Crippen LogP contribution in [0.3, 0.4) is 0 Å². The molecule has 0 N–H and O–H groups in total. The first-order valence-electron chi connectivity index (χ1n) is 8.69. The molecule has 0 bridgehead atoms. The lowest BCUT2D eigenvalue weighted by Gasteiger charge is -2.22. The Hall–Kier alpha value is -3.36. The highest BCUT2D eigenvalue weighted by molar-refractivity contribution is 5.85. The number of rotatable bonds is 4. The summed E-state index contributed by atoms with van der Waals surface area (Å²) in [6, 6.07) is 9.69. The summed E-state index contributed by atoms with van der Waals surface area (Å²) in [6.07, 6.45) is 10.5. The zero-order valence-corrected chi connectivity index (χ0v) is 17.5. The van der Waals surface area contributed by atoms with Crippen molar-refractivity contribution in [2.24, 2.45) is 0 Å². The molecule has 154 valence electrons. The first-order chi connectivity index (χ1) is 13.8. The summed E-state index contributed by atoms with van der Waals surface area (Å²) < 4.78 is 12.7. The molecule has 0 saturated carbocycles. The van der Waals surface area contributed by atoms with Gasteiger partial charge in [0.15, 0.2) is 11.5 Å². The molecule has 0 atom stereocenters. The van der Waals surface area contributed by atoms with Crippen LogP contribution in [0.25, 0.3) is 17.1 Å². The second-order valence-corrected chi connectivity index (χ2v) is 6.22. The minimum absolute atomic E-state index is 0.